The summed E-state index contributed by atoms with van der Waals surface area (Å²) in [6.45, 7) is 0. The molecule has 0 saturated heterocycles. The number of carboxylic acids is 2. The molecule has 0 radical (unpaired) electrons. The monoisotopic (exact) mass is 390 g/mol. The molecule has 134 valence electrons. The number of hydrogen-bond acceptors (Lipinski definition) is 6. The minimum Gasteiger partial charge on any atom is -0.493 e. The SMILES string of the molecule is O=C(O)CCC(C(=O)O)n1c(O)c(/C=C2\C=Nc3ccccc32)sc1=S. The molecule has 0 saturated carbocycles. The van der Waals surface area contributed by atoms with Crippen molar-refractivity contribution in [2.24, 2.45) is 4.99 Å². The second-order valence-corrected chi connectivity index (χ2v) is 7.26. The van der Waals surface area contributed by atoms with Crippen LogP contribution < -0.4 is 0 Å². The molecule has 1 aliphatic rings. The molecule has 2 aromatic rings. The maximum atomic E-state index is 11.5. The molecule has 3 rings (SSSR count). The van der Waals surface area contributed by atoms with Crippen molar-refractivity contribution < 1.29 is 24.9 Å². The van der Waals surface area contributed by atoms with Gasteiger partial charge in [-0.2, -0.15) is 0 Å². The number of thiazole rings is 1. The summed E-state index contributed by atoms with van der Waals surface area (Å²) in [4.78, 5) is 27.0. The molecule has 0 amide bonds. The number of allylic oxidation sites excluding steroid dienone is 1. The van der Waals surface area contributed by atoms with Crippen LogP contribution in [-0.2, 0) is 9.59 Å². The third-order valence-electron chi connectivity index (χ3n) is 3.92. The van der Waals surface area contributed by atoms with Crippen molar-refractivity contribution in [1.29, 1.82) is 0 Å². The number of hydrogen-bond donors (Lipinski definition) is 3. The highest BCUT2D eigenvalue weighted by molar-refractivity contribution is 7.73. The van der Waals surface area contributed by atoms with Gasteiger partial charge in [0.25, 0.3) is 0 Å². The van der Waals surface area contributed by atoms with Crippen LogP contribution in [0.5, 0.6) is 5.88 Å². The number of benzene rings is 1. The third-order valence-corrected chi connectivity index (χ3v) is 5.25. The zero-order valence-corrected chi connectivity index (χ0v) is 15.0. The number of nitrogens with zero attached hydrogens (tertiary/aromatic N) is 2. The Morgan fingerprint density at radius 2 is 2.04 bits per heavy atom. The van der Waals surface area contributed by atoms with Crippen molar-refractivity contribution in [2.45, 2.75) is 18.9 Å². The second kappa shape index (κ2) is 7.22. The first kappa shape index (κ1) is 18.0. The van der Waals surface area contributed by atoms with Gasteiger partial charge in [0.05, 0.1) is 10.6 Å². The average Bonchev–Trinajstić information content (AvgIpc) is 3.11. The highest BCUT2D eigenvalue weighted by atomic mass is 32.1. The van der Waals surface area contributed by atoms with Gasteiger partial charge < -0.3 is 15.3 Å². The molecule has 1 aliphatic heterocycles. The van der Waals surface area contributed by atoms with E-state index in [1.165, 1.54) is 0 Å². The first-order valence-corrected chi connectivity index (χ1v) is 8.85. The molecule has 0 bridgehead atoms. The maximum Gasteiger partial charge on any atom is 0.326 e. The Balaban J connectivity index is 2.00. The van der Waals surface area contributed by atoms with Crippen LogP contribution in [0.3, 0.4) is 0 Å². The van der Waals surface area contributed by atoms with Gasteiger partial charge in [-0.1, -0.05) is 18.2 Å². The summed E-state index contributed by atoms with van der Waals surface area (Å²) in [6, 6.07) is 6.27. The number of aliphatic imine (C=N–C) groups is 1. The van der Waals surface area contributed by atoms with Gasteiger partial charge in [0.15, 0.2) is 3.95 Å². The minimum atomic E-state index is -1.25. The van der Waals surface area contributed by atoms with Gasteiger partial charge in [-0.3, -0.25) is 14.4 Å². The number of para-hydroxylation sites is 1. The number of carboxylic acid groups (broad SMARTS) is 2. The highest BCUT2D eigenvalue weighted by Crippen LogP contribution is 2.37. The Labute approximate surface area is 157 Å². The fourth-order valence-electron chi connectivity index (χ4n) is 2.68. The van der Waals surface area contributed by atoms with Crippen molar-refractivity contribution in [1.82, 2.24) is 4.57 Å². The van der Waals surface area contributed by atoms with Gasteiger partial charge in [-0.25, -0.2) is 4.79 Å². The smallest absolute Gasteiger partial charge is 0.326 e. The number of rotatable bonds is 6. The number of aliphatic carboxylic acids is 2. The first-order valence-electron chi connectivity index (χ1n) is 7.62. The summed E-state index contributed by atoms with van der Waals surface area (Å²) in [5.41, 5.74) is 2.49. The van der Waals surface area contributed by atoms with Crippen molar-refractivity contribution in [3.8, 4) is 5.88 Å². The first-order chi connectivity index (χ1) is 12.4. The lowest BCUT2D eigenvalue weighted by atomic mass is 10.1. The molecule has 0 spiro atoms. The Bertz CT molecular complexity index is 1000. The van der Waals surface area contributed by atoms with Crippen molar-refractivity contribution in [2.75, 3.05) is 0 Å². The van der Waals surface area contributed by atoms with Crippen LogP contribution in [-0.4, -0.2) is 38.0 Å². The number of aromatic nitrogens is 1. The molecule has 7 nitrogen and oxygen atoms in total. The second-order valence-electron chi connectivity index (χ2n) is 5.59. The Morgan fingerprint density at radius 1 is 1.31 bits per heavy atom. The molecule has 1 aromatic heterocycles. The average molecular weight is 390 g/mol. The van der Waals surface area contributed by atoms with Crippen LogP contribution in [0.4, 0.5) is 5.69 Å². The lowest BCUT2D eigenvalue weighted by Crippen LogP contribution is -2.20. The molecule has 1 atom stereocenters. The van der Waals surface area contributed by atoms with Crippen LogP contribution in [0.1, 0.15) is 29.3 Å². The number of aromatic hydroxyl groups is 1. The van der Waals surface area contributed by atoms with E-state index in [9.17, 15) is 19.8 Å². The van der Waals surface area contributed by atoms with Crippen molar-refractivity contribution in [3.63, 3.8) is 0 Å². The fraction of sp³-hybridized carbons (Fsp3) is 0.176. The largest absolute Gasteiger partial charge is 0.493 e. The predicted octanol–water partition coefficient (Wildman–Crippen LogP) is 3.73. The van der Waals surface area contributed by atoms with E-state index >= 15 is 0 Å². The van der Waals surface area contributed by atoms with E-state index in [4.69, 9.17) is 17.3 Å². The number of carbonyl (C=O) groups is 2. The molecule has 1 aromatic carbocycles. The van der Waals surface area contributed by atoms with E-state index in [2.05, 4.69) is 4.99 Å². The lowest BCUT2D eigenvalue weighted by molar-refractivity contribution is -0.142. The summed E-state index contributed by atoms with van der Waals surface area (Å²) in [5.74, 6) is -2.65. The van der Waals surface area contributed by atoms with E-state index in [0.29, 0.717) is 4.88 Å². The van der Waals surface area contributed by atoms with Gasteiger partial charge in [0.1, 0.15) is 6.04 Å². The summed E-state index contributed by atoms with van der Waals surface area (Å²) in [6.07, 6.45) is 2.84. The Hall–Kier alpha value is -2.78. The molecular weight excluding hydrogens is 376 g/mol. The quantitative estimate of drug-likeness (QED) is 0.648. The summed E-state index contributed by atoms with van der Waals surface area (Å²) < 4.78 is 1.26. The van der Waals surface area contributed by atoms with E-state index in [0.717, 1.165) is 32.7 Å². The molecule has 0 fully saturated rings. The fourth-order valence-corrected chi connectivity index (χ4v) is 4.04. The minimum absolute atomic E-state index is 0.162. The Kier molecular flexibility index (Phi) is 5.01. The van der Waals surface area contributed by atoms with Crippen molar-refractivity contribution in [3.05, 3.63) is 38.7 Å². The van der Waals surface area contributed by atoms with E-state index in [-0.39, 0.29) is 22.7 Å². The lowest BCUT2D eigenvalue weighted by Gasteiger charge is -2.14. The predicted molar refractivity (Wildman–Crippen MR) is 101 cm³/mol. The highest BCUT2D eigenvalue weighted by Gasteiger charge is 2.26. The summed E-state index contributed by atoms with van der Waals surface area (Å²) in [7, 11) is 0. The van der Waals surface area contributed by atoms with Crippen LogP contribution in [0.25, 0.3) is 11.6 Å². The van der Waals surface area contributed by atoms with E-state index < -0.39 is 18.0 Å². The van der Waals surface area contributed by atoms with Gasteiger partial charge in [0.2, 0.25) is 5.88 Å². The summed E-state index contributed by atoms with van der Waals surface area (Å²) in [5, 5.41) is 28.7. The summed E-state index contributed by atoms with van der Waals surface area (Å²) >= 11 is 6.26. The van der Waals surface area contributed by atoms with E-state index in [1.807, 2.05) is 24.3 Å². The topological polar surface area (TPSA) is 112 Å². The molecule has 3 N–H and O–H groups in total. The van der Waals surface area contributed by atoms with Gasteiger partial charge in [0, 0.05) is 23.8 Å². The van der Waals surface area contributed by atoms with Crippen LogP contribution in [0.15, 0.2) is 29.3 Å². The molecule has 26 heavy (non-hydrogen) atoms. The van der Waals surface area contributed by atoms with Gasteiger partial charge >= 0.3 is 11.9 Å². The van der Waals surface area contributed by atoms with Gasteiger partial charge in [-0.05, 0) is 30.8 Å². The zero-order valence-electron chi connectivity index (χ0n) is 13.3. The normalized spacial score (nSPS) is 15.2. The van der Waals surface area contributed by atoms with Gasteiger partial charge in [-0.15, -0.1) is 11.3 Å². The molecule has 9 heteroatoms. The molecule has 1 unspecified atom stereocenters. The standard InChI is InChI=1S/C17H14N2O5S2/c20-14(21)6-5-12(16(23)24)19-15(22)13(26-17(19)25)7-9-8-18-11-4-2-1-3-10(9)11/h1-4,7-8,12,22H,5-6H2,(H,20,21)(H,23,24)/b9-7+. The molecule has 0 aliphatic carbocycles. The van der Waals surface area contributed by atoms with Crippen LogP contribution in [0.2, 0.25) is 0 Å². The molecule has 2 heterocycles. The van der Waals surface area contributed by atoms with Crippen LogP contribution in [0, 0.1) is 3.95 Å². The maximum absolute atomic E-state index is 11.5. The van der Waals surface area contributed by atoms with E-state index in [1.54, 1.807) is 12.3 Å². The Morgan fingerprint density at radius 3 is 2.73 bits per heavy atom. The third kappa shape index (κ3) is 3.44. The van der Waals surface area contributed by atoms with Crippen LogP contribution >= 0.6 is 23.6 Å². The van der Waals surface area contributed by atoms with Crippen molar-refractivity contribution >= 4 is 59.0 Å². The zero-order chi connectivity index (χ0) is 18.8. The molecular formula is C17H14N2O5S2. The number of fused-ring (bicyclic) bond motifs is 1.